The number of nitrogens with two attached hydrogens (primary N) is 1. The highest BCUT2D eigenvalue weighted by Gasteiger charge is 2.21. The predicted molar refractivity (Wildman–Crippen MR) is 68.4 cm³/mol. The summed E-state index contributed by atoms with van der Waals surface area (Å²) < 4.78 is 35.6. The summed E-state index contributed by atoms with van der Waals surface area (Å²) in [4.78, 5) is 11.3. The van der Waals surface area contributed by atoms with Crippen molar-refractivity contribution in [1.82, 2.24) is 0 Å². The Bertz CT molecular complexity index is 597. The van der Waals surface area contributed by atoms with Crippen LogP contribution in [-0.4, -0.2) is 14.3 Å². The van der Waals surface area contributed by atoms with Gasteiger partial charge in [-0.25, -0.2) is 17.9 Å². The summed E-state index contributed by atoms with van der Waals surface area (Å²) >= 11 is 0. The van der Waals surface area contributed by atoms with Gasteiger partial charge in [0.05, 0.1) is 4.90 Å². The Morgan fingerprint density at radius 2 is 2.05 bits per heavy atom. The van der Waals surface area contributed by atoms with Crippen molar-refractivity contribution in [3.8, 4) is 0 Å². The van der Waals surface area contributed by atoms with Gasteiger partial charge >= 0.3 is 0 Å². The van der Waals surface area contributed by atoms with Gasteiger partial charge in [0.15, 0.2) is 0 Å². The van der Waals surface area contributed by atoms with Gasteiger partial charge in [-0.05, 0) is 37.0 Å². The Labute approximate surface area is 111 Å². The van der Waals surface area contributed by atoms with Gasteiger partial charge in [-0.1, -0.05) is 6.42 Å². The lowest BCUT2D eigenvalue weighted by Crippen LogP contribution is -2.21. The van der Waals surface area contributed by atoms with Crippen LogP contribution in [0.2, 0.25) is 0 Å². The monoisotopic (exact) mass is 286 g/mol. The number of amides is 1. The molecule has 0 unspecified atom stereocenters. The molecule has 7 heteroatoms. The Balaban J connectivity index is 2.11. The Morgan fingerprint density at radius 3 is 2.58 bits per heavy atom. The minimum atomic E-state index is -3.99. The zero-order valence-electron chi connectivity index (χ0n) is 10.2. The summed E-state index contributed by atoms with van der Waals surface area (Å²) in [5.74, 6) is -0.618. The van der Waals surface area contributed by atoms with Crippen LogP contribution in [0.3, 0.4) is 0 Å². The first-order valence-corrected chi connectivity index (χ1v) is 7.52. The van der Waals surface area contributed by atoms with Crippen LogP contribution in [0.25, 0.3) is 0 Å². The van der Waals surface area contributed by atoms with Crippen LogP contribution in [0.5, 0.6) is 0 Å². The predicted octanol–water partition coefficient (Wildman–Crippen LogP) is 1.60. The number of carbonyl (C=O) groups excluding carboxylic acids is 1. The average molecular weight is 286 g/mol. The summed E-state index contributed by atoms with van der Waals surface area (Å²) in [5, 5.41) is 7.43. The first kappa shape index (κ1) is 14.0. The fraction of sp³-hybridized carbons (Fsp3) is 0.417. The van der Waals surface area contributed by atoms with E-state index >= 15 is 0 Å². The number of rotatable bonds is 4. The Morgan fingerprint density at radius 1 is 1.37 bits per heavy atom. The highest BCUT2D eigenvalue weighted by atomic mass is 32.2. The SMILES string of the molecule is NS(=O)(=O)c1cc(F)cc(NC(=O)CC2CCC2)c1. The second kappa shape index (κ2) is 5.26. The molecule has 5 nitrogen and oxygen atoms in total. The molecule has 3 N–H and O–H groups in total. The molecule has 1 aromatic rings. The van der Waals surface area contributed by atoms with Crippen LogP contribution in [0.4, 0.5) is 10.1 Å². The van der Waals surface area contributed by atoms with Gasteiger partial charge in [-0.3, -0.25) is 4.79 Å². The third-order valence-corrected chi connectivity index (χ3v) is 4.08. The number of anilines is 1. The van der Waals surface area contributed by atoms with E-state index in [9.17, 15) is 17.6 Å². The molecule has 0 atom stereocenters. The van der Waals surface area contributed by atoms with Crippen LogP contribution in [0.15, 0.2) is 23.1 Å². The van der Waals surface area contributed by atoms with E-state index in [1.165, 1.54) is 0 Å². The summed E-state index contributed by atoms with van der Waals surface area (Å²) in [6.45, 7) is 0. The van der Waals surface area contributed by atoms with Gasteiger partial charge in [0.1, 0.15) is 5.82 Å². The normalized spacial score (nSPS) is 15.9. The number of benzene rings is 1. The zero-order chi connectivity index (χ0) is 14.0. The van der Waals surface area contributed by atoms with Crippen molar-refractivity contribution in [1.29, 1.82) is 0 Å². The fourth-order valence-corrected chi connectivity index (χ4v) is 2.54. The molecule has 0 heterocycles. The maximum absolute atomic E-state index is 13.3. The molecule has 0 radical (unpaired) electrons. The molecule has 1 fully saturated rings. The van der Waals surface area contributed by atoms with Crippen molar-refractivity contribution in [2.24, 2.45) is 11.1 Å². The van der Waals surface area contributed by atoms with Crippen LogP contribution in [0.1, 0.15) is 25.7 Å². The second-order valence-corrected chi connectivity index (χ2v) is 6.33. The number of hydrogen-bond acceptors (Lipinski definition) is 3. The molecular formula is C12H15FN2O3S. The van der Waals surface area contributed by atoms with E-state index in [1.807, 2.05) is 0 Å². The number of carbonyl (C=O) groups is 1. The number of halogens is 1. The first-order valence-electron chi connectivity index (χ1n) is 5.98. The van der Waals surface area contributed by atoms with Crippen molar-refractivity contribution >= 4 is 21.6 Å². The lowest BCUT2D eigenvalue weighted by atomic mass is 9.83. The van der Waals surface area contributed by atoms with Crippen molar-refractivity contribution in [2.75, 3.05) is 5.32 Å². The average Bonchev–Trinajstić information content (AvgIpc) is 2.21. The van der Waals surface area contributed by atoms with E-state index in [-0.39, 0.29) is 16.5 Å². The molecule has 1 aromatic carbocycles. The molecule has 0 saturated heterocycles. The van der Waals surface area contributed by atoms with E-state index in [0.29, 0.717) is 12.3 Å². The topological polar surface area (TPSA) is 89.3 Å². The van der Waals surface area contributed by atoms with Gasteiger partial charge in [0.25, 0.3) is 0 Å². The van der Waals surface area contributed by atoms with Gasteiger partial charge in [0.2, 0.25) is 15.9 Å². The highest BCUT2D eigenvalue weighted by Crippen LogP contribution is 2.29. The molecule has 0 bridgehead atoms. The van der Waals surface area contributed by atoms with Crippen molar-refractivity contribution in [2.45, 2.75) is 30.6 Å². The molecule has 0 spiro atoms. The lowest BCUT2D eigenvalue weighted by Gasteiger charge is -2.24. The van der Waals surface area contributed by atoms with E-state index in [0.717, 1.165) is 37.5 Å². The molecule has 1 aliphatic rings. The minimum Gasteiger partial charge on any atom is -0.326 e. The van der Waals surface area contributed by atoms with Gasteiger partial charge in [-0.15, -0.1) is 0 Å². The van der Waals surface area contributed by atoms with Crippen LogP contribution in [0, 0.1) is 11.7 Å². The third kappa shape index (κ3) is 3.74. The smallest absolute Gasteiger partial charge is 0.238 e. The van der Waals surface area contributed by atoms with Crippen LogP contribution >= 0.6 is 0 Å². The van der Waals surface area contributed by atoms with E-state index < -0.39 is 15.8 Å². The maximum atomic E-state index is 13.3. The third-order valence-electron chi connectivity index (χ3n) is 3.18. The summed E-state index contributed by atoms with van der Waals surface area (Å²) in [6.07, 6.45) is 3.56. The summed E-state index contributed by atoms with van der Waals surface area (Å²) in [7, 11) is -3.99. The molecular weight excluding hydrogens is 271 g/mol. The van der Waals surface area contributed by atoms with E-state index in [2.05, 4.69) is 5.32 Å². The molecule has 1 saturated carbocycles. The molecule has 0 aromatic heterocycles. The van der Waals surface area contributed by atoms with Crippen LogP contribution < -0.4 is 10.5 Å². The van der Waals surface area contributed by atoms with E-state index in [1.54, 1.807) is 0 Å². The fourth-order valence-electron chi connectivity index (χ4n) is 1.97. The first-order chi connectivity index (χ1) is 8.84. The standard InChI is InChI=1S/C12H15FN2O3S/c13-9-5-10(7-11(6-9)19(14,17)18)15-12(16)4-8-2-1-3-8/h5-8H,1-4H2,(H,15,16)(H2,14,17,18). The number of hydrogen-bond donors (Lipinski definition) is 2. The van der Waals surface area contributed by atoms with Crippen molar-refractivity contribution in [3.63, 3.8) is 0 Å². The van der Waals surface area contributed by atoms with Crippen molar-refractivity contribution < 1.29 is 17.6 Å². The molecule has 1 aliphatic carbocycles. The molecule has 2 rings (SSSR count). The number of primary sulfonamides is 1. The highest BCUT2D eigenvalue weighted by molar-refractivity contribution is 7.89. The van der Waals surface area contributed by atoms with Crippen molar-refractivity contribution in [3.05, 3.63) is 24.0 Å². The van der Waals surface area contributed by atoms with E-state index in [4.69, 9.17) is 5.14 Å². The molecule has 19 heavy (non-hydrogen) atoms. The van der Waals surface area contributed by atoms with Crippen LogP contribution in [-0.2, 0) is 14.8 Å². The van der Waals surface area contributed by atoms with Gasteiger partial charge in [-0.2, -0.15) is 0 Å². The quantitative estimate of drug-likeness (QED) is 0.881. The zero-order valence-corrected chi connectivity index (χ0v) is 11.0. The minimum absolute atomic E-state index is 0.105. The molecule has 104 valence electrons. The molecule has 1 amide bonds. The Kier molecular flexibility index (Phi) is 3.86. The number of nitrogens with one attached hydrogen (secondary N) is 1. The number of sulfonamides is 1. The van der Waals surface area contributed by atoms with Gasteiger partial charge < -0.3 is 5.32 Å². The molecule has 0 aliphatic heterocycles. The largest absolute Gasteiger partial charge is 0.326 e. The lowest BCUT2D eigenvalue weighted by molar-refractivity contribution is -0.117. The maximum Gasteiger partial charge on any atom is 0.238 e. The second-order valence-electron chi connectivity index (χ2n) is 4.77. The summed E-state index contributed by atoms with van der Waals surface area (Å²) in [6, 6.07) is 3.03. The summed E-state index contributed by atoms with van der Waals surface area (Å²) in [5.41, 5.74) is 0.105. The van der Waals surface area contributed by atoms with Gasteiger partial charge in [0, 0.05) is 12.1 Å². The Hall–Kier alpha value is -1.47.